The van der Waals surface area contributed by atoms with Gasteiger partial charge in [-0.1, -0.05) is 17.7 Å². The summed E-state index contributed by atoms with van der Waals surface area (Å²) in [6.07, 6.45) is 3.05. The van der Waals surface area contributed by atoms with Crippen LogP contribution in [0.3, 0.4) is 0 Å². The van der Waals surface area contributed by atoms with Crippen molar-refractivity contribution in [3.05, 3.63) is 42.7 Å². The van der Waals surface area contributed by atoms with Crippen molar-refractivity contribution in [3.63, 3.8) is 0 Å². The summed E-state index contributed by atoms with van der Waals surface area (Å²) in [6.45, 7) is 6.14. The number of allylic oxidation sites excluding steroid dienone is 1. The maximum absolute atomic E-state index is 11.8. The molecule has 3 heteroatoms. The Morgan fingerprint density at radius 2 is 2.12 bits per heavy atom. The van der Waals surface area contributed by atoms with Crippen LogP contribution in [-0.2, 0) is 11.3 Å². The fourth-order valence-corrected chi connectivity index (χ4v) is 1.76. The fraction of sp³-hybridized carbons (Fsp3) is 0.286. The van der Waals surface area contributed by atoms with Crippen molar-refractivity contribution in [2.24, 2.45) is 0 Å². The molecular formula is C14H16N2O. The second-order valence-electron chi connectivity index (χ2n) is 4.36. The number of Topliss-reactive ketones (excluding diaryl/α,β-unsaturated/α-hetero) is 1. The van der Waals surface area contributed by atoms with Crippen molar-refractivity contribution in [2.45, 2.75) is 26.3 Å². The molecule has 0 saturated carbocycles. The molecule has 0 aliphatic heterocycles. The van der Waals surface area contributed by atoms with E-state index in [1.165, 1.54) is 0 Å². The Hall–Kier alpha value is -1.90. The lowest BCUT2D eigenvalue weighted by atomic mass is 10.1. The van der Waals surface area contributed by atoms with E-state index in [1.807, 2.05) is 35.8 Å². The fourth-order valence-electron chi connectivity index (χ4n) is 1.76. The molecule has 1 heterocycles. The summed E-state index contributed by atoms with van der Waals surface area (Å²) in [4.78, 5) is 16.0. The number of rotatable bonds is 5. The monoisotopic (exact) mass is 228 g/mol. The molecule has 3 nitrogen and oxygen atoms in total. The highest BCUT2D eigenvalue weighted by molar-refractivity contribution is 5.81. The Labute approximate surface area is 101 Å². The SMILES string of the molecule is C=C(C)CCC(=O)Cn1cnc2ccccc21. The minimum Gasteiger partial charge on any atom is -0.323 e. The smallest absolute Gasteiger partial charge is 0.152 e. The van der Waals surface area contributed by atoms with Gasteiger partial charge in [0.1, 0.15) is 0 Å². The predicted octanol–water partition coefficient (Wildman–Crippen LogP) is 2.96. The highest BCUT2D eigenvalue weighted by atomic mass is 16.1. The Morgan fingerprint density at radius 1 is 1.35 bits per heavy atom. The van der Waals surface area contributed by atoms with Gasteiger partial charge in [0.15, 0.2) is 5.78 Å². The van der Waals surface area contributed by atoms with E-state index < -0.39 is 0 Å². The first-order valence-electron chi connectivity index (χ1n) is 5.73. The Bertz CT molecular complexity index is 554. The third-order valence-electron chi connectivity index (χ3n) is 2.70. The zero-order valence-electron chi connectivity index (χ0n) is 10.0. The largest absolute Gasteiger partial charge is 0.323 e. The molecule has 2 aromatic rings. The van der Waals surface area contributed by atoms with Crippen molar-refractivity contribution < 1.29 is 4.79 Å². The number of aromatic nitrogens is 2. The number of para-hydroxylation sites is 2. The molecule has 0 bridgehead atoms. The molecule has 0 saturated heterocycles. The normalized spacial score (nSPS) is 10.6. The van der Waals surface area contributed by atoms with Gasteiger partial charge in [0.2, 0.25) is 0 Å². The summed E-state index contributed by atoms with van der Waals surface area (Å²) in [7, 11) is 0. The molecule has 1 aromatic heterocycles. The average molecular weight is 228 g/mol. The molecule has 17 heavy (non-hydrogen) atoms. The second-order valence-corrected chi connectivity index (χ2v) is 4.36. The summed E-state index contributed by atoms with van der Waals surface area (Å²) in [5, 5.41) is 0. The molecule has 0 unspecified atom stereocenters. The summed E-state index contributed by atoms with van der Waals surface area (Å²) >= 11 is 0. The third kappa shape index (κ3) is 2.81. The van der Waals surface area contributed by atoms with Gasteiger partial charge in [-0.3, -0.25) is 4.79 Å². The third-order valence-corrected chi connectivity index (χ3v) is 2.70. The van der Waals surface area contributed by atoms with Gasteiger partial charge < -0.3 is 4.57 Å². The van der Waals surface area contributed by atoms with E-state index in [0.717, 1.165) is 23.0 Å². The van der Waals surface area contributed by atoms with Gasteiger partial charge in [-0.05, 0) is 25.5 Å². The number of imidazole rings is 1. The first-order valence-corrected chi connectivity index (χ1v) is 5.73. The van der Waals surface area contributed by atoms with Crippen LogP contribution >= 0.6 is 0 Å². The standard InChI is InChI=1S/C14H16N2O/c1-11(2)7-8-12(17)9-16-10-15-13-5-3-4-6-14(13)16/h3-6,10H,1,7-9H2,2H3. The van der Waals surface area contributed by atoms with Crippen LogP contribution in [0.4, 0.5) is 0 Å². The minimum absolute atomic E-state index is 0.219. The zero-order chi connectivity index (χ0) is 12.3. The van der Waals surface area contributed by atoms with E-state index in [9.17, 15) is 4.79 Å². The highest BCUT2D eigenvalue weighted by Gasteiger charge is 2.06. The minimum atomic E-state index is 0.219. The number of hydrogen-bond acceptors (Lipinski definition) is 2. The summed E-state index contributed by atoms with van der Waals surface area (Å²) in [5.74, 6) is 0.219. The van der Waals surface area contributed by atoms with Gasteiger partial charge in [0.25, 0.3) is 0 Å². The maximum atomic E-state index is 11.8. The van der Waals surface area contributed by atoms with Crippen LogP contribution in [0, 0.1) is 0 Å². The topological polar surface area (TPSA) is 34.9 Å². The molecule has 0 N–H and O–H groups in total. The van der Waals surface area contributed by atoms with Gasteiger partial charge in [-0.2, -0.15) is 0 Å². The van der Waals surface area contributed by atoms with Crippen molar-refractivity contribution in [1.82, 2.24) is 9.55 Å². The summed E-state index contributed by atoms with van der Waals surface area (Å²) < 4.78 is 1.90. The van der Waals surface area contributed by atoms with Crippen LogP contribution in [0.1, 0.15) is 19.8 Å². The van der Waals surface area contributed by atoms with Crippen LogP contribution in [0.5, 0.6) is 0 Å². The highest BCUT2D eigenvalue weighted by Crippen LogP contribution is 2.12. The second kappa shape index (κ2) is 4.95. The molecular weight excluding hydrogens is 212 g/mol. The Kier molecular flexibility index (Phi) is 3.38. The molecule has 0 spiro atoms. The maximum Gasteiger partial charge on any atom is 0.152 e. The van der Waals surface area contributed by atoms with E-state index in [-0.39, 0.29) is 5.78 Å². The van der Waals surface area contributed by atoms with Gasteiger partial charge in [0.05, 0.1) is 23.9 Å². The molecule has 0 fully saturated rings. The van der Waals surface area contributed by atoms with Crippen molar-refractivity contribution in [3.8, 4) is 0 Å². The number of ketones is 1. The lowest BCUT2D eigenvalue weighted by Crippen LogP contribution is -2.08. The summed E-state index contributed by atoms with van der Waals surface area (Å²) in [5.41, 5.74) is 2.99. The molecule has 1 aromatic carbocycles. The zero-order valence-corrected chi connectivity index (χ0v) is 10.0. The first kappa shape index (κ1) is 11.6. The number of carbonyl (C=O) groups excluding carboxylic acids is 1. The molecule has 0 radical (unpaired) electrons. The number of benzene rings is 1. The van der Waals surface area contributed by atoms with Crippen LogP contribution in [0.15, 0.2) is 42.7 Å². The van der Waals surface area contributed by atoms with Crippen LogP contribution in [0.2, 0.25) is 0 Å². The summed E-state index contributed by atoms with van der Waals surface area (Å²) in [6, 6.07) is 7.83. The van der Waals surface area contributed by atoms with E-state index in [1.54, 1.807) is 6.33 Å². The molecule has 88 valence electrons. The van der Waals surface area contributed by atoms with Crippen LogP contribution in [0.25, 0.3) is 11.0 Å². The van der Waals surface area contributed by atoms with Gasteiger partial charge >= 0.3 is 0 Å². The first-order chi connectivity index (χ1) is 8.16. The predicted molar refractivity (Wildman–Crippen MR) is 68.8 cm³/mol. The number of fused-ring (bicyclic) bond motifs is 1. The van der Waals surface area contributed by atoms with E-state index in [4.69, 9.17) is 0 Å². The molecule has 0 atom stereocenters. The van der Waals surface area contributed by atoms with E-state index in [2.05, 4.69) is 11.6 Å². The average Bonchev–Trinajstić information content (AvgIpc) is 2.70. The lowest BCUT2D eigenvalue weighted by Gasteiger charge is -2.03. The molecule has 0 amide bonds. The quantitative estimate of drug-likeness (QED) is 0.737. The lowest BCUT2D eigenvalue weighted by molar-refractivity contribution is -0.119. The number of hydrogen-bond donors (Lipinski definition) is 0. The van der Waals surface area contributed by atoms with Crippen LogP contribution in [-0.4, -0.2) is 15.3 Å². The Balaban J connectivity index is 2.08. The van der Waals surface area contributed by atoms with Crippen molar-refractivity contribution in [2.75, 3.05) is 0 Å². The molecule has 0 aliphatic carbocycles. The Morgan fingerprint density at radius 3 is 2.88 bits per heavy atom. The van der Waals surface area contributed by atoms with Gasteiger partial charge in [-0.15, -0.1) is 6.58 Å². The van der Waals surface area contributed by atoms with Crippen molar-refractivity contribution in [1.29, 1.82) is 0 Å². The van der Waals surface area contributed by atoms with E-state index >= 15 is 0 Å². The van der Waals surface area contributed by atoms with Gasteiger partial charge in [0, 0.05) is 6.42 Å². The molecule has 2 rings (SSSR count). The van der Waals surface area contributed by atoms with Crippen molar-refractivity contribution >= 4 is 16.8 Å². The van der Waals surface area contributed by atoms with Crippen LogP contribution < -0.4 is 0 Å². The molecule has 0 aliphatic rings. The number of nitrogens with zero attached hydrogens (tertiary/aromatic N) is 2. The van der Waals surface area contributed by atoms with Gasteiger partial charge in [-0.25, -0.2) is 4.98 Å². The van der Waals surface area contributed by atoms with E-state index in [0.29, 0.717) is 13.0 Å². The number of carbonyl (C=O) groups is 1.